The Balaban J connectivity index is 2.76. The molecule has 0 aliphatic heterocycles. The highest BCUT2D eigenvalue weighted by atomic mass is 35.5. The Morgan fingerprint density at radius 1 is 1.21 bits per heavy atom. The van der Waals surface area contributed by atoms with Gasteiger partial charge in [-0.1, -0.05) is 36.6 Å². The SMILES string of the molecule is C#CC(=C)c1cc2sc(Cl)cc2cc1C(=C)C#C[SiH3]. The van der Waals surface area contributed by atoms with Gasteiger partial charge < -0.3 is 0 Å². The van der Waals surface area contributed by atoms with Gasteiger partial charge in [-0.2, -0.15) is 0 Å². The molecule has 0 saturated heterocycles. The Bertz CT molecular complexity index is 794. The lowest BCUT2D eigenvalue weighted by molar-refractivity contribution is 1.65. The van der Waals surface area contributed by atoms with Crippen molar-refractivity contribution in [1.29, 1.82) is 0 Å². The fraction of sp³-hybridized carbons (Fsp3) is 0. The summed E-state index contributed by atoms with van der Waals surface area (Å²) in [6, 6.07) is 5.99. The quantitative estimate of drug-likeness (QED) is 0.588. The summed E-state index contributed by atoms with van der Waals surface area (Å²) < 4.78 is 1.84. The summed E-state index contributed by atoms with van der Waals surface area (Å²) in [7, 11) is 0.818. The van der Waals surface area contributed by atoms with E-state index in [1.165, 1.54) is 11.3 Å². The highest BCUT2D eigenvalue weighted by molar-refractivity contribution is 7.22. The van der Waals surface area contributed by atoms with Gasteiger partial charge in [-0.3, -0.25) is 0 Å². The summed E-state index contributed by atoms with van der Waals surface area (Å²) in [5, 5.41) is 1.08. The maximum Gasteiger partial charge on any atom is 0.0940 e. The van der Waals surface area contributed by atoms with E-state index in [0.29, 0.717) is 5.57 Å². The van der Waals surface area contributed by atoms with E-state index in [4.69, 9.17) is 18.0 Å². The molecule has 0 nitrogen and oxygen atoms in total. The van der Waals surface area contributed by atoms with E-state index in [1.54, 1.807) is 0 Å². The van der Waals surface area contributed by atoms with Crippen LogP contribution in [0.15, 0.2) is 31.4 Å². The molecule has 0 spiro atoms. The van der Waals surface area contributed by atoms with Crippen molar-refractivity contribution >= 4 is 54.4 Å². The molecule has 2 aromatic rings. The van der Waals surface area contributed by atoms with Crippen molar-refractivity contribution in [2.24, 2.45) is 0 Å². The zero-order valence-electron chi connectivity index (χ0n) is 10.5. The normalized spacial score (nSPS) is 9.68. The van der Waals surface area contributed by atoms with E-state index in [-0.39, 0.29) is 0 Å². The zero-order valence-corrected chi connectivity index (χ0v) is 14.1. The maximum absolute atomic E-state index is 6.05. The third-order valence-electron chi connectivity index (χ3n) is 2.73. The number of thiophene rings is 1. The van der Waals surface area contributed by atoms with Gasteiger partial charge in [-0.15, -0.1) is 23.3 Å². The van der Waals surface area contributed by atoms with Crippen LogP contribution in [-0.4, -0.2) is 10.2 Å². The molecule has 1 aromatic heterocycles. The summed E-state index contributed by atoms with van der Waals surface area (Å²) in [4.78, 5) is 0. The second-order valence-corrected chi connectivity index (χ2v) is 6.18. The molecule has 92 valence electrons. The standard InChI is InChI=1S/C16H11ClSSi/c1-4-10(2)14-9-15-12(8-16(17)18-15)7-13(14)11(3)5-6-19/h1,7-9H,2-3H2,19H3. The smallest absolute Gasteiger partial charge is 0.0940 e. The number of allylic oxidation sites excluding steroid dienone is 2. The Morgan fingerprint density at radius 3 is 2.53 bits per heavy atom. The largest absolute Gasteiger partial charge is 0.138 e. The summed E-state index contributed by atoms with van der Waals surface area (Å²) in [6.45, 7) is 7.93. The Hall–Kier alpha value is -1.71. The number of rotatable bonds is 2. The Kier molecular flexibility index (Phi) is 3.98. The molecule has 0 amide bonds. The maximum atomic E-state index is 6.05. The van der Waals surface area contributed by atoms with Crippen molar-refractivity contribution in [3.05, 3.63) is 46.8 Å². The predicted octanol–water partition coefficient (Wildman–Crippen LogP) is 3.54. The van der Waals surface area contributed by atoms with Crippen molar-refractivity contribution in [3.8, 4) is 23.8 Å². The minimum atomic E-state index is 0.637. The summed E-state index contributed by atoms with van der Waals surface area (Å²) in [5.41, 5.74) is 6.24. The average Bonchev–Trinajstić information content (AvgIpc) is 2.75. The topological polar surface area (TPSA) is 0 Å². The first-order valence-electron chi connectivity index (χ1n) is 5.58. The fourth-order valence-corrected chi connectivity index (χ4v) is 3.33. The van der Waals surface area contributed by atoms with Gasteiger partial charge in [0, 0.05) is 15.8 Å². The zero-order chi connectivity index (χ0) is 14.0. The number of fused-ring (bicyclic) bond motifs is 1. The van der Waals surface area contributed by atoms with Crippen LogP contribution in [-0.2, 0) is 0 Å². The van der Waals surface area contributed by atoms with Gasteiger partial charge in [0.2, 0.25) is 0 Å². The minimum absolute atomic E-state index is 0.637. The van der Waals surface area contributed by atoms with Crippen LogP contribution in [0.5, 0.6) is 0 Å². The van der Waals surface area contributed by atoms with Crippen LogP contribution < -0.4 is 0 Å². The monoisotopic (exact) mass is 298 g/mol. The minimum Gasteiger partial charge on any atom is -0.138 e. The van der Waals surface area contributed by atoms with Gasteiger partial charge in [0.25, 0.3) is 0 Å². The van der Waals surface area contributed by atoms with Crippen LogP contribution in [0.2, 0.25) is 4.34 Å². The Morgan fingerprint density at radius 2 is 1.89 bits per heavy atom. The first-order valence-corrected chi connectivity index (χ1v) is 7.77. The summed E-state index contributed by atoms with van der Waals surface area (Å²) >= 11 is 7.58. The molecule has 1 heterocycles. The lowest BCUT2D eigenvalue weighted by Gasteiger charge is -2.08. The van der Waals surface area contributed by atoms with Crippen LogP contribution in [0.25, 0.3) is 21.2 Å². The molecular formula is C16H11ClSSi. The number of halogens is 1. The van der Waals surface area contributed by atoms with Gasteiger partial charge in [-0.25, -0.2) is 0 Å². The van der Waals surface area contributed by atoms with E-state index >= 15 is 0 Å². The van der Waals surface area contributed by atoms with Crippen molar-refractivity contribution in [2.75, 3.05) is 0 Å². The van der Waals surface area contributed by atoms with Crippen molar-refractivity contribution in [1.82, 2.24) is 0 Å². The number of benzene rings is 1. The van der Waals surface area contributed by atoms with Crippen molar-refractivity contribution in [3.63, 3.8) is 0 Å². The second kappa shape index (κ2) is 5.51. The molecule has 0 N–H and O–H groups in total. The van der Waals surface area contributed by atoms with Crippen molar-refractivity contribution < 1.29 is 0 Å². The molecule has 0 atom stereocenters. The molecule has 3 heteroatoms. The van der Waals surface area contributed by atoms with E-state index in [1.807, 2.05) is 18.2 Å². The van der Waals surface area contributed by atoms with E-state index in [2.05, 4.69) is 30.5 Å². The fourth-order valence-electron chi connectivity index (χ4n) is 1.85. The summed E-state index contributed by atoms with van der Waals surface area (Å²) in [6.07, 6.45) is 5.47. The van der Waals surface area contributed by atoms with E-state index in [0.717, 1.165) is 41.4 Å². The number of hydrogen-bond acceptors (Lipinski definition) is 1. The molecule has 1 aromatic carbocycles. The van der Waals surface area contributed by atoms with E-state index < -0.39 is 0 Å². The van der Waals surface area contributed by atoms with Crippen LogP contribution in [0.3, 0.4) is 0 Å². The second-order valence-electron chi connectivity index (χ2n) is 3.96. The molecule has 19 heavy (non-hydrogen) atoms. The lowest BCUT2D eigenvalue weighted by atomic mass is 9.95. The highest BCUT2D eigenvalue weighted by Crippen LogP contribution is 2.35. The molecule has 0 fully saturated rings. The predicted molar refractivity (Wildman–Crippen MR) is 91.5 cm³/mol. The van der Waals surface area contributed by atoms with Crippen LogP contribution in [0.4, 0.5) is 0 Å². The molecule has 0 saturated carbocycles. The third-order valence-corrected chi connectivity index (χ3v) is 4.20. The highest BCUT2D eigenvalue weighted by Gasteiger charge is 2.11. The van der Waals surface area contributed by atoms with Crippen molar-refractivity contribution in [2.45, 2.75) is 0 Å². The van der Waals surface area contributed by atoms with Gasteiger partial charge in [-0.05, 0) is 34.7 Å². The van der Waals surface area contributed by atoms with Gasteiger partial charge in [0.15, 0.2) is 0 Å². The number of hydrogen-bond donors (Lipinski definition) is 0. The molecule has 0 radical (unpaired) electrons. The molecule has 0 bridgehead atoms. The first kappa shape index (κ1) is 13.7. The average molecular weight is 299 g/mol. The molecule has 0 aliphatic rings. The lowest BCUT2D eigenvalue weighted by Crippen LogP contribution is -1.90. The van der Waals surface area contributed by atoms with Gasteiger partial charge in [0.1, 0.15) is 0 Å². The number of terminal acetylenes is 1. The van der Waals surface area contributed by atoms with Gasteiger partial charge >= 0.3 is 0 Å². The first-order chi connectivity index (χ1) is 9.06. The van der Waals surface area contributed by atoms with E-state index in [9.17, 15) is 0 Å². The molecule has 2 rings (SSSR count). The summed E-state index contributed by atoms with van der Waals surface area (Å²) in [5.74, 6) is 5.62. The van der Waals surface area contributed by atoms with Gasteiger partial charge in [0.05, 0.1) is 14.6 Å². The van der Waals surface area contributed by atoms with Crippen LogP contribution in [0.1, 0.15) is 11.1 Å². The molecular weight excluding hydrogens is 288 g/mol. The third kappa shape index (κ3) is 2.67. The Labute approximate surface area is 125 Å². The molecule has 0 unspecified atom stereocenters. The van der Waals surface area contributed by atoms with Crippen LogP contribution >= 0.6 is 22.9 Å². The van der Waals surface area contributed by atoms with Crippen LogP contribution in [0, 0.1) is 23.8 Å². The molecule has 0 aliphatic carbocycles.